The maximum absolute atomic E-state index is 13.1. The Balaban J connectivity index is 1.14. The summed E-state index contributed by atoms with van der Waals surface area (Å²) >= 11 is 0. The van der Waals surface area contributed by atoms with Gasteiger partial charge < -0.3 is 14.5 Å². The van der Waals surface area contributed by atoms with E-state index in [9.17, 15) is 24.0 Å². The van der Waals surface area contributed by atoms with Gasteiger partial charge in [-0.2, -0.15) is 0 Å². The van der Waals surface area contributed by atoms with Crippen molar-refractivity contribution in [1.82, 2.24) is 20.0 Å². The van der Waals surface area contributed by atoms with Gasteiger partial charge in [0.15, 0.2) is 0 Å². The van der Waals surface area contributed by atoms with E-state index in [2.05, 4.69) is 15.1 Å². The molecule has 1 unspecified atom stereocenters. The highest BCUT2D eigenvalue weighted by atomic mass is 16.6. The summed E-state index contributed by atoms with van der Waals surface area (Å²) in [6, 6.07) is 4.28. The number of likely N-dealkylation sites (tertiary alicyclic amines) is 1. The van der Waals surface area contributed by atoms with E-state index in [0.29, 0.717) is 24.6 Å². The molecular weight excluding hydrogens is 478 g/mol. The molecule has 1 aromatic carbocycles. The minimum absolute atomic E-state index is 0.0965. The van der Waals surface area contributed by atoms with Gasteiger partial charge in [-0.15, -0.1) is 0 Å². The van der Waals surface area contributed by atoms with Crippen LogP contribution in [0, 0.1) is 5.92 Å². The van der Waals surface area contributed by atoms with Crippen LogP contribution in [0.3, 0.4) is 0 Å². The second kappa shape index (κ2) is 9.44. The Morgan fingerprint density at radius 1 is 1.00 bits per heavy atom. The lowest BCUT2D eigenvalue weighted by atomic mass is 9.99. The van der Waals surface area contributed by atoms with E-state index >= 15 is 0 Å². The summed E-state index contributed by atoms with van der Waals surface area (Å²) in [7, 11) is 0. The number of ether oxygens (including phenoxy) is 1. The number of piperidine rings is 1. The van der Waals surface area contributed by atoms with Gasteiger partial charge in [0.25, 0.3) is 11.8 Å². The zero-order valence-electron chi connectivity index (χ0n) is 21.5. The number of benzene rings is 1. The van der Waals surface area contributed by atoms with Gasteiger partial charge in [0.1, 0.15) is 11.6 Å². The molecule has 5 rings (SSSR count). The van der Waals surface area contributed by atoms with E-state index in [1.54, 1.807) is 17.0 Å². The van der Waals surface area contributed by atoms with E-state index < -0.39 is 35.3 Å². The van der Waals surface area contributed by atoms with Crippen molar-refractivity contribution in [3.63, 3.8) is 0 Å². The van der Waals surface area contributed by atoms with Gasteiger partial charge in [0, 0.05) is 63.8 Å². The molecule has 4 aliphatic rings. The first kappa shape index (κ1) is 25.2. The summed E-state index contributed by atoms with van der Waals surface area (Å²) in [5.41, 5.74) is 0.962. The fraction of sp³-hybridized carbons (Fsp3) is 0.577. The predicted octanol–water partition coefficient (Wildman–Crippen LogP) is 1.08. The van der Waals surface area contributed by atoms with Crippen molar-refractivity contribution in [2.75, 3.05) is 50.7 Å². The van der Waals surface area contributed by atoms with Gasteiger partial charge in [-0.25, -0.2) is 4.79 Å². The molecule has 3 saturated heterocycles. The SMILES string of the molecule is CC(C)(C)OC(=O)N1CC(CN2CCN(c3ccc4c(c3)C(=O)N(C3CCC(=O)NC3=O)C4=O)CC2)C1. The Labute approximate surface area is 215 Å². The van der Waals surface area contributed by atoms with Crippen molar-refractivity contribution in [3.05, 3.63) is 29.3 Å². The molecule has 198 valence electrons. The smallest absolute Gasteiger partial charge is 0.410 e. The van der Waals surface area contributed by atoms with Crippen molar-refractivity contribution < 1.29 is 28.7 Å². The molecule has 0 spiro atoms. The first-order valence-corrected chi connectivity index (χ1v) is 12.8. The molecule has 1 N–H and O–H groups in total. The summed E-state index contributed by atoms with van der Waals surface area (Å²) in [5.74, 6) is -1.55. The number of carbonyl (C=O) groups excluding carboxylic acids is 5. The zero-order valence-corrected chi connectivity index (χ0v) is 21.5. The number of anilines is 1. The fourth-order valence-corrected chi connectivity index (χ4v) is 5.37. The standard InChI is InChI=1S/C26H33N5O6/c1-26(2,3)37-25(36)30-14-16(15-30)13-28-8-10-29(11-9-28)17-4-5-18-19(12-17)24(35)31(23(18)34)20-6-7-21(32)27-22(20)33/h4-5,12,16,20H,6-11,13-15H2,1-3H3,(H,27,32,33). The van der Waals surface area contributed by atoms with Crippen LogP contribution in [-0.4, -0.2) is 102 Å². The summed E-state index contributed by atoms with van der Waals surface area (Å²) in [6.07, 6.45) is -0.0184. The molecule has 5 amide bonds. The molecule has 0 bridgehead atoms. The Morgan fingerprint density at radius 2 is 1.68 bits per heavy atom. The van der Waals surface area contributed by atoms with E-state index in [0.717, 1.165) is 43.3 Å². The van der Waals surface area contributed by atoms with Crippen LogP contribution in [0.5, 0.6) is 0 Å². The topological polar surface area (TPSA) is 120 Å². The van der Waals surface area contributed by atoms with Gasteiger partial charge in [-0.05, 0) is 45.4 Å². The summed E-state index contributed by atoms with van der Waals surface area (Å²) in [6.45, 7) is 11.2. The normalized spacial score (nSPS) is 23.2. The van der Waals surface area contributed by atoms with Gasteiger partial charge in [0.2, 0.25) is 11.8 Å². The predicted molar refractivity (Wildman–Crippen MR) is 133 cm³/mol. The Bertz CT molecular complexity index is 1150. The Kier molecular flexibility index (Phi) is 6.43. The van der Waals surface area contributed by atoms with E-state index in [1.165, 1.54) is 0 Å². The monoisotopic (exact) mass is 511 g/mol. The first-order chi connectivity index (χ1) is 17.5. The number of carbonyl (C=O) groups is 5. The maximum atomic E-state index is 13.1. The van der Waals surface area contributed by atoms with Crippen LogP contribution in [0.4, 0.5) is 10.5 Å². The first-order valence-electron chi connectivity index (χ1n) is 12.8. The van der Waals surface area contributed by atoms with Crippen LogP contribution in [0.1, 0.15) is 54.3 Å². The molecule has 37 heavy (non-hydrogen) atoms. The molecular formula is C26H33N5O6. The molecule has 3 fully saturated rings. The average molecular weight is 512 g/mol. The fourth-order valence-electron chi connectivity index (χ4n) is 5.37. The second-order valence-corrected chi connectivity index (χ2v) is 11.2. The van der Waals surface area contributed by atoms with Crippen molar-refractivity contribution in [2.24, 2.45) is 5.92 Å². The number of amides is 5. The van der Waals surface area contributed by atoms with Gasteiger partial charge in [-0.1, -0.05) is 0 Å². The summed E-state index contributed by atoms with van der Waals surface area (Å²) in [4.78, 5) is 69.2. The van der Waals surface area contributed by atoms with Crippen molar-refractivity contribution in [3.8, 4) is 0 Å². The minimum Gasteiger partial charge on any atom is -0.444 e. The van der Waals surface area contributed by atoms with Gasteiger partial charge in [-0.3, -0.25) is 34.3 Å². The Morgan fingerprint density at radius 3 is 2.32 bits per heavy atom. The lowest BCUT2D eigenvalue weighted by molar-refractivity contribution is -0.136. The largest absolute Gasteiger partial charge is 0.444 e. The highest BCUT2D eigenvalue weighted by Gasteiger charge is 2.45. The van der Waals surface area contributed by atoms with Crippen LogP contribution in [-0.2, 0) is 14.3 Å². The minimum atomic E-state index is -0.963. The van der Waals surface area contributed by atoms with Crippen LogP contribution in [0.25, 0.3) is 0 Å². The van der Waals surface area contributed by atoms with Crippen LogP contribution >= 0.6 is 0 Å². The third kappa shape index (κ3) is 5.04. The molecule has 0 saturated carbocycles. The number of nitrogens with zero attached hydrogens (tertiary/aromatic N) is 4. The Hall–Kier alpha value is -3.47. The molecule has 4 heterocycles. The third-order valence-corrected chi connectivity index (χ3v) is 7.29. The van der Waals surface area contributed by atoms with Crippen molar-refractivity contribution in [1.29, 1.82) is 0 Å². The molecule has 1 atom stereocenters. The quantitative estimate of drug-likeness (QED) is 0.597. The van der Waals surface area contributed by atoms with Crippen molar-refractivity contribution >= 4 is 35.4 Å². The molecule has 11 nitrogen and oxygen atoms in total. The number of nitrogens with one attached hydrogen (secondary N) is 1. The number of imide groups is 2. The molecule has 4 aliphatic heterocycles. The lowest BCUT2D eigenvalue weighted by Gasteiger charge is -2.44. The number of rotatable bonds is 4. The summed E-state index contributed by atoms with van der Waals surface area (Å²) in [5, 5.41) is 2.22. The maximum Gasteiger partial charge on any atom is 0.410 e. The number of piperazine rings is 1. The average Bonchev–Trinajstić information content (AvgIpc) is 3.05. The number of fused-ring (bicyclic) bond motifs is 1. The second-order valence-electron chi connectivity index (χ2n) is 11.2. The lowest BCUT2D eigenvalue weighted by Crippen LogP contribution is -2.57. The van der Waals surface area contributed by atoms with Crippen LogP contribution in [0.15, 0.2) is 18.2 Å². The molecule has 0 radical (unpaired) electrons. The molecule has 0 aliphatic carbocycles. The van der Waals surface area contributed by atoms with E-state index in [4.69, 9.17) is 4.74 Å². The van der Waals surface area contributed by atoms with Gasteiger partial charge >= 0.3 is 6.09 Å². The number of hydrogen-bond donors (Lipinski definition) is 1. The van der Waals surface area contributed by atoms with Crippen LogP contribution in [0.2, 0.25) is 0 Å². The zero-order chi connectivity index (χ0) is 26.5. The van der Waals surface area contributed by atoms with Crippen molar-refractivity contribution in [2.45, 2.75) is 45.3 Å². The third-order valence-electron chi connectivity index (χ3n) is 7.29. The van der Waals surface area contributed by atoms with Crippen LogP contribution < -0.4 is 10.2 Å². The molecule has 1 aromatic rings. The number of hydrogen-bond acceptors (Lipinski definition) is 8. The van der Waals surface area contributed by atoms with Gasteiger partial charge in [0.05, 0.1) is 11.1 Å². The summed E-state index contributed by atoms with van der Waals surface area (Å²) < 4.78 is 5.42. The van der Waals surface area contributed by atoms with E-state index in [1.807, 2.05) is 26.8 Å². The highest BCUT2D eigenvalue weighted by molar-refractivity contribution is 6.23. The highest BCUT2D eigenvalue weighted by Crippen LogP contribution is 2.31. The molecule has 11 heteroatoms. The van der Waals surface area contributed by atoms with E-state index in [-0.39, 0.29) is 24.5 Å². The molecule has 0 aromatic heterocycles.